The summed E-state index contributed by atoms with van der Waals surface area (Å²) in [5, 5.41) is 28.1. The lowest BCUT2D eigenvalue weighted by atomic mass is 10.0. The number of fused-ring (bicyclic) bond motifs is 1. The van der Waals surface area contributed by atoms with Crippen molar-refractivity contribution in [3.63, 3.8) is 0 Å². The molecule has 0 radical (unpaired) electrons. The van der Waals surface area contributed by atoms with Gasteiger partial charge in [0, 0.05) is 30.1 Å². The van der Waals surface area contributed by atoms with Gasteiger partial charge in [0.2, 0.25) is 17.7 Å². The molecule has 1 heterocycles. The van der Waals surface area contributed by atoms with Crippen molar-refractivity contribution in [2.24, 2.45) is 28.1 Å². The Morgan fingerprint density at radius 2 is 1.62 bits per heavy atom. The fourth-order valence-corrected chi connectivity index (χ4v) is 3.98. The maximum absolute atomic E-state index is 13.4. The number of aliphatic hydroxyl groups is 1. The van der Waals surface area contributed by atoms with Gasteiger partial charge in [-0.15, -0.1) is 0 Å². The molecule has 2 aromatic rings. The third-order valence-corrected chi connectivity index (χ3v) is 6.38. The van der Waals surface area contributed by atoms with E-state index >= 15 is 0 Å². The Balaban J connectivity index is 2.23. The van der Waals surface area contributed by atoms with Crippen LogP contribution in [0.4, 0.5) is 0 Å². The molecule has 0 saturated heterocycles. The first kappa shape index (κ1) is 32.0. The summed E-state index contributed by atoms with van der Waals surface area (Å²) >= 11 is 0. The van der Waals surface area contributed by atoms with Crippen LogP contribution in [0.1, 0.15) is 39.2 Å². The first-order valence-electron chi connectivity index (χ1n) is 13.0. The van der Waals surface area contributed by atoms with Crippen molar-refractivity contribution in [2.45, 2.75) is 70.3 Å². The molecule has 40 heavy (non-hydrogen) atoms. The number of nitrogens with two attached hydrogens (primary N) is 3. The lowest BCUT2D eigenvalue weighted by Crippen LogP contribution is -2.60. The molecule has 1 aromatic heterocycles. The monoisotopic (exact) mass is 560 g/mol. The van der Waals surface area contributed by atoms with E-state index in [0.717, 1.165) is 16.5 Å². The second-order valence-corrected chi connectivity index (χ2v) is 9.97. The van der Waals surface area contributed by atoms with E-state index in [2.05, 4.69) is 25.9 Å². The number of carboxylic acids is 1. The SMILES string of the molecule is CC(C)C(N)C(=O)NC(Cc1c[nH]c2ccccc12)C(=O)NC(C(=O)NC(CCCN=C(N)N)C(=O)O)C(C)O. The fraction of sp³-hybridized carbons (Fsp3) is 0.500. The van der Waals surface area contributed by atoms with E-state index in [0.29, 0.717) is 0 Å². The number of carbonyl (C=O) groups excluding carboxylic acids is 3. The summed E-state index contributed by atoms with van der Waals surface area (Å²) in [6.45, 7) is 4.97. The third-order valence-electron chi connectivity index (χ3n) is 6.38. The molecule has 0 spiro atoms. The van der Waals surface area contributed by atoms with Crippen molar-refractivity contribution < 1.29 is 29.4 Å². The zero-order chi connectivity index (χ0) is 30.0. The van der Waals surface area contributed by atoms with Crippen molar-refractivity contribution in [2.75, 3.05) is 6.54 Å². The van der Waals surface area contributed by atoms with Gasteiger partial charge in [0.05, 0.1) is 12.1 Å². The number of benzene rings is 1. The summed E-state index contributed by atoms with van der Waals surface area (Å²) < 4.78 is 0. The minimum Gasteiger partial charge on any atom is -0.480 e. The number of amides is 3. The molecule has 5 unspecified atom stereocenters. The van der Waals surface area contributed by atoms with Crippen molar-refractivity contribution in [1.82, 2.24) is 20.9 Å². The number of aliphatic hydroxyl groups excluding tert-OH is 1. The van der Waals surface area contributed by atoms with Gasteiger partial charge in [-0.05, 0) is 37.3 Å². The molecule has 1 aromatic carbocycles. The van der Waals surface area contributed by atoms with Crippen LogP contribution in [0.25, 0.3) is 10.9 Å². The van der Waals surface area contributed by atoms with E-state index in [-0.39, 0.29) is 37.7 Å². The zero-order valence-corrected chi connectivity index (χ0v) is 22.9. The van der Waals surface area contributed by atoms with E-state index in [1.54, 1.807) is 20.0 Å². The largest absolute Gasteiger partial charge is 0.480 e. The minimum atomic E-state index is -1.51. The smallest absolute Gasteiger partial charge is 0.326 e. The normalized spacial score (nSPS) is 14.9. The Morgan fingerprint density at radius 3 is 2.23 bits per heavy atom. The number of aromatic amines is 1. The molecule has 12 N–H and O–H groups in total. The van der Waals surface area contributed by atoms with Gasteiger partial charge in [-0.1, -0.05) is 32.0 Å². The number of hydrogen-bond donors (Lipinski definition) is 9. The maximum Gasteiger partial charge on any atom is 0.326 e. The molecule has 0 bridgehead atoms. The summed E-state index contributed by atoms with van der Waals surface area (Å²) in [5.74, 6) is -3.87. The van der Waals surface area contributed by atoms with Gasteiger partial charge in [-0.25, -0.2) is 4.79 Å². The van der Waals surface area contributed by atoms with Crippen molar-refractivity contribution in [3.8, 4) is 0 Å². The summed E-state index contributed by atoms with van der Waals surface area (Å²) in [6, 6.07) is 2.57. The molecule has 2 rings (SSSR count). The highest BCUT2D eigenvalue weighted by molar-refractivity contribution is 5.95. The standard InChI is InChI=1S/C26H40N8O6/c1-13(2)20(27)23(37)33-19(11-15-12-31-17-8-5-4-7-16(15)17)22(36)34-21(14(3)35)24(38)32-18(25(39)40)9-6-10-30-26(28)29/h4-5,7-8,12-14,18-21,31,35H,6,9-11,27H2,1-3H3,(H,32,38)(H,33,37)(H,34,36)(H,39,40)(H4,28,29,30). The summed E-state index contributed by atoms with van der Waals surface area (Å²) in [5.41, 5.74) is 18.1. The van der Waals surface area contributed by atoms with Crippen LogP contribution < -0.4 is 33.2 Å². The maximum atomic E-state index is 13.4. The van der Waals surface area contributed by atoms with Gasteiger partial charge in [-0.3, -0.25) is 19.4 Å². The van der Waals surface area contributed by atoms with E-state index in [1.165, 1.54) is 6.92 Å². The van der Waals surface area contributed by atoms with Gasteiger partial charge in [0.25, 0.3) is 0 Å². The van der Waals surface area contributed by atoms with Crippen LogP contribution in [-0.4, -0.2) is 81.7 Å². The van der Waals surface area contributed by atoms with Crippen LogP contribution in [-0.2, 0) is 25.6 Å². The van der Waals surface area contributed by atoms with Crippen LogP contribution in [0.3, 0.4) is 0 Å². The van der Waals surface area contributed by atoms with Crippen molar-refractivity contribution in [3.05, 3.63) is 36.0 Å². The van der Waals surface area contributed by atoms with Crippen LogP contribution in [0.15, 0.2) is 35.5 Å². The van der Waals surface area contributed by atoms with Crippen LogP contribution in [0, 0.1) is 5.92 Å². The first-order chi connectivity index (χ1) is 18.8. The topological polar surface area (TPSA) is 251 Å². The van der Waals surface area contributed by atoms with Crippen LogP contribution in [0.5, 0.6) is 0 Å². The van der Waals surface area contributed by atoms with E-state index in [1.807, 2.05) is 24.3 Å². The molecule has 0 aliphatic carbocycles. The number of para-hydroxylation sites is 1. The van der Waals surface area contributed by atoms with E-state index in [4.69, 9.17) is 17.2 Å². The molecule has 220 valence electrons. The molecule has 3 amide bonds. The Kier molecular flexibility index (Phi) is 11.9. The molecular weight excluding hydrogens is 520 g/mol. The fourth-order valence-electron chi connectivity index (χ4n) is 3.98. The van der Waals surface area contributed by atoms with Crippen LogP contribution >= 0.6 is 0 Å². The van der Waals surface area contributed by atoms with Crippen molar-refractivity contribution >= 4 is 40.6 Å². The average Bonchev–Trinajstić information content (AvgIpc) is 3.29. The molecule has 0 aliphatic rings. The van der Waals surface area contributed by atoms with Gasteiger partial charge in [0.15, 0.2) is 5.96 Å². The van der Waals surface area contributed by atoms with E-state index < -0.39 is 54.0 Å². The lowest BCUT2D eigenvalue weighted by Gasteiger charge is -2.27. The Bertz CT molecular complexity index is 1210. The molecule has 0 fully saturated rings. The number of aliphatic imine (C=N–C) groups is 1. The Morgan fingerprint density at radius 1 is 0.975 bits per heavy atom. The van der Waals surface area contributed by atoms with Gasteiger partial charge in [-0.2, -0.15) is 0 Å². The van der Waals surface area contributed by atoms with E-state index in [9.17, 15) is 29.4 Å². The number of nitrogens with one attached hydrogen (secondary N) is 4. The summed E-state index contributed by atoms with van der Waals surface area (Å²) in [6.07, 6.45) is 0.657. The third kappa shape index (κ3) is 9.24. The number of aliphatic carboxylic acids is 1. The number of aromatic nitrogens is 1. The number of carbonyl (C=O) groups is 4. The highest BCUT2D eigenvalue weighted by Gasteiger charge is 2.33. The number of nitrogens with zero attached hydrogens (tertiary/aromatic N) is 1. The second kappa shape index (κ2) is 14.8. The predicted octanol–water partition coefficient (Wildman–Crippen LogP) is -1.33. The predicted molar refractivity (Wildman–Crippen MR) is 150 cm³/mol. The Labute approximate surface area is 232 Å². The minimum absolute atomic E-state index is 0.00463. The zero-order valence-electron chi connectivity index (χ0n) is 22.9. The molecule has 14 nitrogen and oxygen atoms in total. The first-order valence-corrected chi connectivity index (χ1v) is 13.0. The number of carboxylic acid groups (broad SMARTS) is 1. The molecule has 0 saturated carbocycles. The molecule has 5 atom stereocenters. The summed E-state index contributed by atoms with van der Waals surface area (Å²) in [7, 11) is 0. The average molecular weight is 561 g/mol. The molecular formula is C26H40N8O6. The van der Waals surface area contributed by atoms with Gasteiger partial charge in [0.1, 0.15) is 18.1 Å². The van der Waals surface area contributed by atoms with Crippen molar-refractivity contribution in [1.29, 1.82) is 0 Å². The highest BCUT2D eigenvalue weighted by atomic mass is 16.4. The quantitative estimate of drug-likeness (QED) is 0.0709. The number of guanidine groups is 1. The number of rotatable bonds is 15. The second-order valence-electron chi connectivity index (χ2n) is 9.97. The number of H-pyrrole nitrogens is 1. The molecule has 14 heteroatoms. The highest BCUT2D eigenvalue weighted by Crippen LogP contribution is 2.19. The Hall–Kier alpha value is -4.17. The van der Waals surface area contributed by atoms with Gasteiger partial charge >= 0.3 is 5.97 Å². The molecule has 0 aliphatic heterocycles. The number of hydrogen-bond acceptors (Lipinski definition) is 7. The lowest BCUT2D eigenvalue weighted by molar-refractivity contribution is -0.143. The van der Waals surface area contributed by atoms with Crippen LogP contribution in [0.2, 0.25) is 0 Å². The summed E-state index contributed by atoms with van der Waals surface area (Å²) in [4.78, 5) is 57.8. The van der Waals surface area contributed by atoms with Gasteiger partial charge < -0.3 is 48.3 Å².